The van der Waals surface area contributed by atoms with Gasteiger partial charge in [0.15, 0.2) is 0 Å². The third-order valence-electron chi connectivity index (χ3n) is 5.31. The zero-order valence-corrected chi connectivity index (χ0v) is 14.4. The molecule has 0 radical (unpaired) electrons. The summed E-state index contributed by atoms with van der Waals surface area (Å²) in [5.41, 5.74) is 0.250. The van der Waals surface area contributed by atoms with Gasteiger partial charge in [0.05, 0.1) is 0 Å². The van der Waals surface area contributed by atoms with Crippen LogP contribution in [-0.2, 0) is 13.5 Å². The summed E-state index contributed by atoms with van der Waals surface area (Å²) in [6, 6.07) is 0.460. The minimum absolute atomic E-state index is 0.250. The molecule has 21 heavy (non-hydrogen) atoms. The fraction of sp³-hybridized carbons (Fsp3) is 0.824. The van der Waals surface area contributed by atoms with Crippen LogP contribution < -0.4 is 5.32 Å². The van der Waals surface area contributed by atoms with Crippen molar-refractivity contribution in [3.8, 4) is 0 Å². The van der Waals surface area contributed by atoms with Crippen LogP contribution >= 0.6 is 0 Å². The Kier molecular flexibility index (Phi) is 5.44. The first-order valence-corrected chi connectivity index (χ1v) is 8.36. The maximum atomic E-state index is 4.55. The smallest absolute Gasteiger partial charge is 0.109 e. The van der Waals surface area contributed by atoms with E-state index in [1.807, 2.05) is 12.4 Å². The van der Waals surface area contributed by atoms with Crippen molar-refractivity contribution in [2.45, 2.75) is 57.5 Å². The van der Waals surface area contributed by atoms with Crippen molar-refractivity contribution in [3.63, 3.8) is 0 Å². The number of aromatic nitrogens is 2. The molecule has 0 aromatic carbocycles. The average Bonchev–Trinajstić information content (AvgIpc) is 2.83. The van der Waals surface area contributed by atoms with Gasteiger partial charge in [0.25, 0.3) is 0 Å². The third-order valence-corrected chi connectivity index (χ3v) is 5.31. The summed E-state index contributed by atoms with van der Waals surface area (Å²) in [5, 5.41) is 3.77. The van der Waals surface area contributed by atoms with E-state index in [0.29, 0.717) is 6.04 Å². The molecule has 0 amide bonds. The molecular weight excluding hydrogens is 260 g/mol. The molecule has 1 aromatic heterocycles. The number of rotatable bonds is 6. The quantitative estimate of drug-likeness (QED) is 0.874. The van der Waals surface area contributed by atoms with Crippen molar-refractivity contribution >= 4 is 0 Å². The summed E-state index contributed by atoms with van der Waals surface area (Å²) in [7, 11) is 6.60. The van der Waals surface area contributed by atoms with E-state index in [2.05, 4.69) is 54.8 Å². The van der Waals surface area contributed by atoms with Gasteiger partial charge in [-0.3, -0.25) is 0 Å². The van der Waals surface area contributed by atoms with Crippen LogP contribution in [0.3, 0.4) is 0 Å². The molecule has 1 aliphatic rings. The Balaban J connectivity index is 2.26. The first-order chi connectivity index (χ1) is 9.99. The SMILES string of the molecule is CCNC(Cc1nccn1C)C1(N(C)C)CCCC(C)C1. The highest BCUT2D eigenvalue weighted by atomic mass is 15.2. The maximum absolute atomic E-state index is 4.55. The molecule has 3 unspecified atom stereocenters. The van der Waals surface area contributed by atoms with E-state index in [1.165, 1.54) is 31.5 Å². The second kappa shape index (κ2) is 6.93. The molecular formula is C17H32N4. The predicted molar refractivity (Wildman–Crippen MR) is 88.4 cm³/mol. The van der Waals surface area contributed by atoms with Gasteiger partial charge in [-0.05, 0) is 39.4 Å². The molecule has 4 nitrogen and oxygen atoms in total. The monoisotopic (exact) mass is 292 g/mol. The molecule has 3 atom stereocenters. The number of hydrogen-bond acceptors (Lipinski definition) is 3. The molecule has 0 saturated heterocycles. The average molecular weight is 292 g/mol. The van der Waals surface area contributed by atoms with Crippen LogP contribution in [-0.4, -0.2) is 46.7 Å². The van der Waals surface area contributed by atoms with Crippen molar-refractivity contribution in [1.82, 2.24) is 19.8 Å². The molecule has 120 valence electrons. The molecule has 1 fully saturated rings. The largest absolute Gasteiger partial charge is 0.338 e. The first-order valence-electron chi connectivity index (χ1n) is 8.36. The van der Waals surface area contributed by atoms with Gasteiger partial charge in [0.2, 0.25) is 0 Å². The maximum Gasteiger partial charge on any atom is 0.109 e. The van der Waals surface area contributed by atoms with Crippen LogP contribution in [0.4, 0.5) is 0 Å². The van der Waals surface area contributed by atoms with Gasteiger partial charge in [-0.25, -0.2) is 4.98 Å². The second-order valence-corrected chi connectivity index (χ2v) is 6.97. The van der Waals surface area contributed by atoms with Crippen LogP contribution in [0.25, 0.3) is 0 Å². The lowest BCUT2D eigenvalue weighted by Gasteiger charge is -2.50. The number of likely N-dealkylation sites (N-methyl/N-ethyl adjacent to an activating group) is 2. The van der Waals surface area contributed by atoms with Crippen LogP contribution in [0.5, 0.6) is 0 Å². The van der Waals surface area contributed by atoms with Gasteiger partial charge in [-0.1, -0.05) is 26.7 Å². The zero-order valence-electron chi connectivity index (χ0n) is 14.4. The molecule has 0 bridgehead atoms. The Bertz CT molecular complexity index is 440. The van der Waals surface area contributed by atoms with Crippen molar-refractivity contribution < 1.29 is 0 Å². The molecule has 1 saturated carbocycles. The Morgan fingerprint density at radius 2 is 2.29 bits per heavy atom. The lowest BCUT2D eigenvalue weighted by atomic mass is 9.70. The van der Waals surface area contributed by atoms with E-state index in [0.717, 1.165) is 18.9 Å². The van der Waals surface area contributed by atoms with Gasteiger partial charge in [-0.2, -0.15) is 0 Å². The summed E-state index contributed by atoms with van der Waals surface area (Å²) in [6.07, 6.45) is 10.2. The lowest BCUT2D eigenvalue weighted by molar-refractivity contribution is 0.0370. The second-order valence-electron chi connectivity index (χ2n) is 6.97. The van der Waals surface area contributed by atoms with Crippen molar-refractivity contribution in [2.24, 2.45) is 13.0 Å². The Morgan fingerprint density at radius 3 is 2.81 bits per heavy atom. The standard InChI is InChI=1S/C17H32N4/c1-6-18-15(12-16-19-10-11-21(16)5)17(20(3)4)9-7-8-14(2)13-17/h10-11,14-15,18H,6-9,12-13H2,1-5H3. The Morgan fingerprint density at radius 1 is 1.52 bits per heavy atom. The number of nitrogens with zero attached hydrogens (tertiary/aromatic N) is 3. The molecule has 1 N–H and O–H groups in total. The molecule has 4 heteroatoms. The molecule has 0 aliphatic heterocycles. The summed E-state index contributed by atoms with van der Waals surface area (Å²) in [6.45, 7) is 5.63. The Labute approximate surface area is 129 Å². The molecule has 1 heterocycles. The Hall–Kier alpha value is -0.870. The van der Waals surface area contributed by atoms with Crippen molar-refractivity contribution in [2.75, 3.05) is 20.6 Å². The van der Waals surface area contributed by atoms with Gasteiger partial charge in [-0.15, -0.1) is 0 Å². The van der Waals surface area contributed by atoms with E-state index in [4.69, 9.17) is 0 Å². The molecule has 1 aliphatic carbocycles. The number of imidazole rings is 1. The minimum Gasteiger partial charge on any atom is -0.338 e. The first kappa shape index (κ1) is 16.5. The van der Waals surface area contributed by atoms with Gasteiger partial charge >= 0.3 is 0 Å². The highest BCUT2D eigenvalue weighted by Gasteiger charge is 2.43. The van der Waals surface area contributed by atoms with Crippen LogP contribution in [0.2, 0.25) is 0 Å². The van der Waals surface area contributed by atoms with E-state index >= 15 is 0 Å². The molecule has 1 aromatic rings. The predicted octanol–water partition coefficient (Wildman–Crippen LogP) is 2.45. The van der Waals surface area contributed by atoms with E-state index in [-0.39, 0.29) is 5.54 Å². The topological polar surface area (TPSA) is 33.1 Å². The van der Waals surface area contributed by atoms with E-state index in [9.17, 15) is 0 Å². The summed E-state index contributed by atoms with van der Waals surface area (Å²) in [4.78, 5) is 7.02. The highest BCUT2D eigenvalue weighted by molar-refractivity contribution is 5.06. The number of aryl methyl sites for hydroxylation is 1. The van der Waals surface area contributed by atoms with Crippen LogP contribution in [0.1, 0.15) is 45.4 Å². The normalized spacial score (nSPS) is 28.0. The summed E-state index contributed by atoms with van der Waals surface area (Å²) < 4.78 is 2.15. The minimum atomic E-state index is 0.250. The number of hydrogen-bond donors (Lipinski definition) is 1. The fourth-order valence-corrected chi connectivity index (χ4v) is 4.07. The third kappa shape index (κ3) is 3.49. The van der Waals surface area contributed by atoms with Crippen LogP contribution in [0.15, 0.2) is 12.4 Å². The zero-order chi connectivity index (χ0) is 15.5. The van der Waals surface area contributed by atoms with Gasteiger partial charge in [0, 0.05) is 37.4 Å². The highest BCUT2D eigenvalue weighted by Crippen LogP contribution is 2.39. The van der Waals surface area contributed by atoms with Gasteiger partial charge < -0.3 is 14.8 Å². The van der Waals surface area contributed by atoms with Crippen molar-refractivity contribution in [1.29, 1.82) is 0 Å². The van der Waals surface area contributed by atoms with Crippen LogP contribution in [0, 0.1) is 5.92 Å². The summed E-state index contributed by atoms with van der Waals surface area (Å²) in [5.74, 6) is 1.99. The number of nitrogens with one attached hydrogen (secondary N) is 1. The van der Waals surface area contributed by atoms with Gasteiger partial charge in [0.1, 0.15) is 5.82 Å². The summed E-state index contributed by atoms with van der Waals surface area (Å²) >= 11 is 0. The molecule has 0 spiro atoms. The van der Waals surface area contributed by atoms with E-state index < -0.39 is 0 Å². The molecule has 2 rings (SSSR count). The van der Waals surface area contributed by atoms with Crippen molar-refractivity contribution in [3.05, 3.63) is 18.2 Å². The van der Waals surface area contributed by atoms with E-state index in [1.54, 1.807) is 0 Å². The fourth-order valence-electron chi connectivity index (χ4n) is 4.07. The lowest BCUT2D eigenvalue weighted by Crippen LogP contribution is -2.61.